The van der Waals surface area contributed by atoms with Gasteiger partial charge in [0, 0.05) is 37.4 Å². The number of amides is 2. The fourth-order valence-corrected chi connectivity index (χ4v) is 6.25. The van der Waals surface area contributed by atoms with Crippen LogP contribution in [0.3, 0.4) is 0 Å². The van der Waals surface area contributed by atoms with Crippen molar-refractivity contribution < 1.29 is 9.59 Å². The van der Waals surface area contributed by atoms with Crippen LogP contribution in [0.2, 0.25) is 5.02 Å². The number of nitrogens with zero attached hydrogens (tertiary/aromatic N) is 2. The molecule has 1 aliphatic carbocycles. The van der Waals surface area contributed by atoms with Crippen molar-refractivity contribution in [3.8, 4) is 0 Å². The highest BCUT2D eigenvalue weighted by atomic mass is 35.5. The van der Waals surface area contributed by atoms with Gasteiger partial charge in [-0.1, -0.05) is 73.0 Å². The van der Waals surface area contributed by atoms with Gasteiger partial charge in [0.25, 0.3) is 5.91 Å². The van der Waals surface area contributed by atoms with Crippen molar-refractivity contribution in [3.05, 3.63) is 94.5 Å². The predicted octanol–water partition coefficient (Wildman–Crippen LogP) is 5.94. The van der Waals surface area contributed by atoms with Crippen molar-refractivity contribution in [1.82, 2.24) is 10.2 Å². The van der Waals surface area contributed by atoms with Crippen LogP contribution in [0.1, 0.15) is 47.2 Å². The SMILES string of the molecule is Cc1ccccc1C(=O)N1CCN(c2ccc(NC(=S)NC(=O)C3(c4ccccc4)CCCC3)cc2Cl)CC1. The number of hydrogen-bond acceptors (Lipinski definition) is 4. The summed E-state index contributed by atoms with van der Waals surface area (Å²) in [6.07, 6.45) is 3.67. The molecule has 0 atom stereocenters. The normalized spacial score (nSPS) is 16.6. The molecule has 6 nitrogen and oxygen atoms in total. The van der Waals surface area contributed by atoms with E-state index in [1.54, 1.807) is 0 Å². The summed E-state index contributed by atoms with van der Waals surface area (Å²) in [7, 11) is 0. The largest absolute Gasteiger partial charge is 0.367 e. The quantitative estimate of drug-likeness (QED) is 0.378. The first-order chi connectivity index (χ1) is 18.9. The van der Waals surface area contributed by atoms with Crippen molar-refractivity contribution >= 4 is 52.1 Å². The van der Waals surface area contributed by atoms with Gasteiger partial charge in [0.15, 0.2) is 5.11 Å². The number of benzene rings is 3. The highest BCUT2D eigenvalue weighted by molar-refractivity contribution is 7.80. The van der Waals surface area contributed by atoms with Crippen molar-refractivity contribution in [2.45, 2.75) is 38.0 Å². The van der Waals surface area contributed by atoms with Crippen molar-refractivity contribution in [2.75, 3.05) is 36.4 Å². The number of halogens is 1. The molecule has 8 heteroatoms. The third kappa shape index (κ3) is 5.80. The molecule has 1 heterocycles. The molecule has 1 saturated carbocycles. The van der Waals surface area contributed by atoms with Crippen molar-refractivity contribution in [3.63, 3.8) is 0 Å². The molecule has 5 rings (SSSR count). The summed E-state index contributed by atoms with van der Waals surface area (Å²) in [5.74, 6) is 0.00475. The van der Waals surface area contributed by atoms with Gasteiger partial charge in [0.1, 0.15) is 0 Å². The number of carbonyl (C=O) groups excluding carboxylic acids is 2. The fourth-order valence-electron chi connectivity index (χ4n) is 5.74. The average molecular weight is 561 g/mol. The zero-order chi connectivity index (χ0) is 27.4. The minimum atomic E-state index is -0.544. The molecule has 0 aromatic heterocycles. The van der Waals surface area contributed by atoms with Crippen molar-refractivity contribution in [2.24, 2.45) is 0 Å². The molecular formula is C31H33ClN4O2S. The number of carbonyl (C=O) groups is 2. The lowest BCUT2D eigenvalue weighted by Gasteiger charge is -2.36. The van der Waals surface area contributed by atoms with E-state index in [9.17, 15) is 9.59 Å². The summed E-state index contributed by atoms with van der Waals surface area (Å²) in [6, 6.07) is 23.4. The maximum absolute atomic E-state index is 13.4. The van der Waals surface area contributed by atoms with Crippen LogP contribution in [-0.2, 0) is 10.2 Å². The Labute approximate surface area is 240 Å². The summed E-state index contributed by atoms with van der Waals surface area (Å²) in [5.41, 5.74) is 3.86. The Bertz CT molecular complexity index is 1370. The molecule has 0 bridgehead atoms. The van der Waals surface area contributed by atoms with Crippen LogP contribution in [0.5, 0.6) is 0 Å². The van der Waals surface area contributed by atoms with Gasteiger partial charge >= 0.3 is 0 Å². The van der Waals surface area contributed by atoms with Gasteiger partial charge in [-0.2, -0.15) is 0 Å². The lowest BCUT2D eigenvalue weighted by molar-refractivity contribution is -0.125. The Morgan fingerprint density at radius 3 is 2.23 bits per heavy atom. The van der Waals surface area contributed by atoms with E-state index in [1.165, 1.54) is 0 Å². The van der Waals surface area contributed by atoms with E-state index in [4.69, 9.17) is 23.8 Å². The molecule has 0 unspecified atom stereocenters. The monoisotopic (exact) mass is 560 g/mol. The first-order valence-corrected chi connectivity index (χ1v) is 14.2. The van der Waals surface area contributed by atoms with Crippen LogP contribution >= 0.6 is 23.8 Å². The highest BCUT2D eigenvalue weighted by Gasteiger charge is 2.42. The molecule has 2 fully saturated rings. The van der Waals surface area contributed by atoms with Crippen LogP contribution in [0.25, 0.3) is 0 Å². The van der Waals surface area contributed by atoms with Gasteiger partial charge in [0.2, 0.25) is 5.91 Å². The fraction of sp³-hybridized carbons (Fsp3) is 0.323. The molecule has 2 aliphatic rings. The van der Waals surface area contributed by atoms with Crippen LogP contribution in [-0.4, -0.2) is 48.0 Å². The summed E-state index contributed by atoms with van der Waals surface area (Å²) in [6.45, 7) is 4.61. The second-order valence-corrected chi connectivity index (χ2v) is 11.1. The molecule has 0 spiro atoms. The Balaban J connectivity index is 1.19. The van der Waals surface area contributed by atoms with E-state index in [0.717, 1.165) is 48.1 Å². The summed E-state index contributed by atoms with van der Waals surface area (Å²) in [4.78, 5) is 30.4. The molecule has 3 aromatic rings. The third-order valence-corrected chi connectivity index (χ3v) is 8.44. The highest BCUT2D eigenvalue weighted by Crippen LogP contribution is 2.41. The molecule has 0 radical (unpaired) electrons. The van der Waals surface area contributed by atoms with Gasteiger partial charge in [-0.3, -0.25) is 9.59 Å². The molecule has 39 heavy (non-hydrogen) atoms. The van der Waals surface area contributed by atoms with Gasteiger partial charge in [-0.15, -0.1) is 0 Å². The lowest BCUT2D eigenvalue weighted by Crippen LogP contribution is -2.49. The molecular weight excluding hydrogens is 528 g/mol. The van der Waals surface area contributed by atoms with E-state index in [0.29, 0.717) is 36.9 Å². The second-order valence-electron chi connectivity index (χ2n) is 10.3. The molecule has 2 amide bonds. The topological polar surface area (TPSA) is 64.7 Å². The Morgan fingerprint density at radius 2 is 1.56 bits per heavy atom. The lowest BCUT2D eigenvalue weighted by atomic mass is 9.78. The minimum absolute atomic E-state index is 0.0652. The second kappa shape index (κ2) is 11.8. The number of anilines is 2. The van der Waals surface area contributed by atoms with E-state index < -0.39 is 5.41 Å². The van der Waals surface area contributed by atoms with Crippen LogP contribution in [0, 0.1) is 6.92 Å². The first-order valence-electron chi connectivity index (χ1n) is 13.4. The van der Waals surface area contributed by atoms with Crippen molar-refractivity contribution in [1.29, 1.82) is 0 Å². The summed E-state index contributed by atoms with van der Waals surface area (Å²) in [5, 5.41) is 6.90. The summed E-state index contributed by atoms with van der Waals surface area (Å²) < 4.78 is 0. The Kier molecular flexibility index (Phi) is 8.19. The van der Waals surface area contributed by atoms with E-state index >= 15 is 0 Å². The predicted molar refractivity (Wildman–Crippen MR) is 162 cm³/mol. The van der Waals surface area contributed by atoms with E-state index in [2.05, 4.69) is 15.5 Å². The molecule has 3 aromatic carbocycles. The van der Waals surface area contributed by atoms with Gasteiger partial charge in [-0.05, 0) is 67.4 Å². The smallest absolute Gasteiger partial charge is 0.254 e. The zero-order valence-corrected chi connectivity index (χ0v) is 23.7. The standard InChI is InChI=1S/C31H33ClN4O2S/c1-22-9-5-6-12-25(22)28(37)36-19-17-35(18-20-36)27-14-13-24(21-26(27)32)33-30(39)34-29(38)31(15-7-8-16-31)23-10-3-2-4-11-23/h2-6,9-14,21H,7-8,15-20H2,1H3,(H2,33,34,38,39). The number of rotatable bonds is 5. The van der Waals surface area contributed by atoms with Crippen LogP contribution < -0.4 is 15.5 Å². The first kappa shape index (κ1) is 27.2. The maximum atomic E-state index is 13.4. The van der Waals surface area contributed by atoms with E-state index in [1.807, 2.05) is 84.6 Å². The number of piperazine rings is 1. The average Bonchev–Trinajstić information content (AvgIpc) is 3.45. The zero-order valence-electron chi connectivity index (χ0n) is 22.1. The molecule has 202 valence electrons. The minimum Gasteiger partial charge on any atom is -0.367 e. The molecule has 1 saturated heterocycles. The van der Waals surface area contributed by atoms with Crippen LogP contribution in [0.4, 0.5) is 11.4 Å². The number of hydrogen-bond donors (Lipinski definition) is 2. The third-order valence-electron chi connectivity index (χ3n) is 7.93. The Hall–Kier alpha value is -3.42. The van der Waals surface area contributed by atoms with Gasteiger partial charge in [-0.25, -0.2) is 0 Å². The Morgan fingerprint density at radius 1 is 0.897 bits per heavy atom. The van der Waals surface area contributed by atoms with Gasteiger partial charge in [0.05, 0.1) is 16.1 Å². The summed E-state index contributed by atoms with van der Waals surface area (Å²) >= 11 is 12.2. The number of thiocarbonyl (C=S) groups is 1. The number of aryl methyl sites for hydroxylation is 1. The molecule has 1 aliphatic heterocycles. The maximum Gasteiger partial charge on any atom is 0.254 e. The molecule has 2 N–H and O–H groups in total. The number of nitrogens with one attached hydrogen (secondary N) is 2. The van der Waals surface area contributed by atoms with E-state index in [-0.39, 0.29) is 16.9 Å². The van der Waals surface area contributed by atoms with Gasteiger partial charge < -0.3 is 20.4 Å². The van der Waals surface area contributed by atoms with Crippen LogP contribution in [0.15, 0.2) is 72.8 Å².